The summed E-state index contributed by atoms with van der Waals surface area (Å²) in [6.07, 6.45) is 1.24. The number of hydrogen-bond donors (Lipinski definition) is 0. The first-order valence-corrected chi connectivity index (χ1v) is 8.95. The van der Waals surface area contributed by atoms with Crippen LogP contribution in [0.5, 0.6) is 0 Å². The van der Waals surface area contributed by atoms with Crippen molar-refractivity contribution < 1.29 is 19.1 Å². The first-order chi connectivity index (χ1) is 13.1. The number of ether oxygens (including phenoxy) is 2. The summed E-state index contributed by atoms with van der Waals surface area (Å²) in [5.74, 6) is -0.106. The van der Waals surface area contributed by atoms with Crippen molar-refractivity contribution in [2.75, 3.05) is 13.2 Å². The van der Waals surface area contributed by atoms with E-state index in [0.29, 0.717) is 18.7 Å². The molecule has 0 N–H and O–H groups in total. The molecule has 2 aromatic rings. The molecule has 3 rings (SSSR count). The standard InChI is InChI=1S/C22H23NO4/c1-17-12-13-23(22(25)27-15-19-10-6-3-7-11-19)20(21(17)24)16-26-14-18-8-4-2-5-9-18/h2-12,20H,13-16H2,1H3/t20-/m1/s1. The van der Waals surface area contributed by atoms with E-state index in [-0.39, 0.29) is 19.0 Å². The van der Waals surface area contributed by atoms with E-state index in [1.54, 1.807) is 13.0 Å². The van der Waals surface area contributed by atoms with E-state index in [2.05, 4.69) is 0 Å². The number of Topliss-reactive ketones (excluding diaryl/α,β-unsaturated/α-hetero) is 1. The number of nitrogens with zero attached hydrogens (tertiary/aromatic N) is 1. The lowest BCUT2D eigenvalue weighted by molar-refractivity contribution is -0.123. The highest BCUT2D eigenvalue weighted by molar-refractivity contribution is 6.01. The third kappa shape index (κ3) is 5.05. The van der Waals surface area contributed by atoms with E-state index in [0.717, 1.165) is 11.1 Å². The van der Waals surface area contributed by atoms with Crippen molar-refractivity contribution >= 4 is 11.9 Å². The number of ketones is 1. The fourth-order valence-electron chi connectivity index (χ4n) is 2.90. The molecule has 1 aliphatic heterocycles. The highest BCUT2D eigenvalue weighted by Crippen LogP contribution is 2.17. The van der Waals surface area contributed by atoms with E-state index in [1.165, 1.54) is 4.90 Å². The molecule has 0 spiro atoms. The molecule has 0 unspecified atom stereocenters. The molecule has 5 heteroatoms. The van der Waals surface area contributed by atoms with Crippen molar-refractivity contribution in [3.05, 3.63) is 83.4 Å². The van der Waals surface area contributed by atoms with E-state index >= 15 is 0 Å². The summed E-state index contributed by atoms with van der Waals surface area (Å²) in [4.78, 5) is 26.5. The topological polar surface area (TPSA) is 55.8 Å². The summed E-state index contributed by atoms with van der Waals surface area (Å²) in [7, 11) is 0. The van der Waals surface area contributed by atoms with Crippen molar-refractivity contribution in [2.24, 2.45) is 0 Å². The molecule has 2 aromatic carbocycles. The van der Waals surface area contributed by atoms with Crippen LogP contribution in [-0.2, 0) is 27.5 Å². The van der Waals surface area contributed by atoms with E-state index in [9.17, 15) is 9.59 Å². The Morgan fingerprint density at radius 3 is 2.22 bits per heavy atom. The van der Waals surface area contributed by atoms with Crippen LogP contribution in [0.2, 0.25) is 0 Å². The summed E-state index contributed by atoms with van der Waals surface area (Å²) in [6, 6.07) is 18.5. The Hall–Kier alpha value is -2.92. The highest BCUT2D eigenvalue weighted by atomic mass is 16.6. The molecule has 0 bridgehead atoms. The van der Waals surface area contributed by atoms with Gasteiger partial charge in [-0.05, 0) is 23.6 Å². The average Bonchev–Trinajstić information content (AvgIpc) is 2.71. The van der Waals surface area contributed by atoms with Crippen LogP contribution in [0.4, 0.5) is 4.79 Å². The second-order valence-electron chi connectivity index (χ2n) is 6.46. The summed E-state index contributed by atoms with van der Waals surface area (Å²) in [5, 5.41) is 0. The molecule has 1 heterocycles. The van der Waals surface area contributed by atoms with Gasteiger partial charge in [-0.3, -0.25) is 9.69 Å². The molecular formula is C22H23NO4. The van der Waals surface area contributed by atoms with Gasteiger partial charge in [-0.15, -0.1) is 0 Å². The minimum absolute atomic E-state index is 0.106. The number of carbonyl (C=O) groups excluding carboxylic acids is 2. The van der Waals surface area contributed by atoms with Crippen molar-refractivity contribution in [2.45, 2.75) is 26.2 Å². The Balaban J connectivity index is 1.60. The van der Waals surface area contributed by atoms with Crippen LogP contribution in [0.3, 0.4) is 0 Å². The number of benzene rings is 2. The number of hydrogen-bond acceptors (Lipinski definition) is 4. The molecule has 1 amide bonds. The van der Waals surface area contributed by atoms with Gasteiger partial charge in [0.25, 0.3) is 0 Å². The van der Waals surface area contributed by atoms with Gasteiger partial charge in [0.15, 0.2) is 5.78 Å². The molecule has 0 aromatic heterocycles. The van der Waals surface area contributed by atoms with Crippen LogP contribution < -0.4 is 0 Å². The Morgan fingerprint density at radius 2 is 1.59 bits per heavy atom. The maximum atomic E-state index is 12.6. The fourth-order valence-corrected chi connectivity index (χ4v) is 2.90. The second-order valence-corrected chi connectivity index (χ2v) is 6.46. The van der Waals surface area contributed by atoms with Crippen molar-refractivity contribution in [1.29, 1.82) is 0 Å². The third-order valence-corrected chi connectivity index (χ3v) is 4.49. The first kappa shape index (κ1) is 18.9. The summed E-state index contributed by atoms with van der Waals surface area (Å²) in [6.45, 7) is 2.80. The van der Waals surface area contributed by atoms with Crippen LogP contribution in [0.25, 0.3) is 0 Å². The zero-order valence-corrected chi connectivity index (χ0v) is 15.3. The van der Waals surface area contributed by atoms with E-state index in [1.807, 2.05) is 60.7 Å². The molecule has 0 aliphatic carbocycles. The highest BCUT2D eigenvalue weighted by Gasteiger charge is 2.34. The van der Waals surface area contributed by atoms with Crippen molar-refractivity contribution in [1.82, 2.24) is 4.90 Å². The van der Waals surface area contributed by atoms with Crippen molar-refractivity contribution in [3.8, 4) is 0 Å². The van der Waals surface area contributed by atoms with Crippen LogP contribution >= 0.6 is 0 Å². The lowest BCUT2D eigenvalue weighted by Crippen LogP contribution is -2.50. The molecule has 27 heavy (non-hydrogen) atoms. The van der Waals surface area contributed by atoms with Gasteiger partial charge in [-0.25, -0.2) is 4.79 Å². The predicted molar refractivity (Wildman–Crippen MR) is 102 cm³/mol. The molecule has 1 atom stereocenters. The van der Waals surface area contributed by atoms with Gasteiger partial charge < -0.3 is 9.47 Å². The predicted octanol–water partition coefficient (Wildman–Crippen LogP) is 3.74. The zero-order chi connectivity index (χ0) is 19.1. The zero-order valence-electron chi connectivity index (χ0n) is 15.3. The van der Waals surface area contributed by atoms with Gasteiger partial charge >= 0.3 is 6.09 Å². The van der Waals surface area contributed by atoms with E-state index in [4.69, 9.17) is 9.47 Å². The molecule has 0 saturated heterocycles. The van der Waals surface area contributed by atoms with Crippen LogP contribution in [0.15, 0.2) is 72.3 Å². The number of carbonyl (C=O) groups is 2. The van der Waals surface area contributed by atoms with Gasteiger partial charge in [0.2, 0.25) is 0 Å². The van der Waals surface area contributed by atoms with Crippen LogP contribution in [-0.4, -0.2) is 36.0 Å². The minimum Gasteiger partial charge on any atom is -0.445 e. The molecule has 5 nitrogen and oxygen atoms in total. The Bertz CT molecular complexity index is 802. The molecule has 0 radical (unpaired) electrons. The summed E-state index contributed by atoms with van der Waals surface area (Å²) >= 11 is 0. The molecule has 140 valence electrons. The van der Waals surface area contributed by atoms with Gasteiger partial charge in [0.05, 0.1) is 13.2 Å². The van der Waals surface area contributed by atoms with Gasteiger partial charge in [0, 0.05) is 6.54 Å². The Kier molecular flexibility index (Phi) is 6.39. The summed E-state index contributed by atoms with van der Waals surface area (Å²) in [5.41, 5.74) is 2.57. The fraction of sp³-hybridized carbons (Fsp3) is 0.273. The third-order valence-electron chi connectivity index (χ3n) is 4.49. The van der Waals surface area contributed by atoms with Gasteiger partial charge in [0.1, 0.15) is 12.6 Å². The smallest absolute Gasteiger partial charge is 0.411 e. The maximum absolute atomic E-state index is 12.6. The normalized spacial score (nSPS) is 16.8. The SMILES string of the molecule is CC1=CCN(C(=O)OCc2ccccc2)[C@H](COCc2ccccc2)C1=O. The first-order valence-electron chi connectivity index (χ1n) is 8.95. The number of rotatable bonds is 6. The molecule has 1 aliphatic rings. The quantitative estimate of drug-likeness (QED) is 0.783. The Morgan fingerprint density at radius 1 is 1.00 bits per heavy atom. The lowest BCUT2D eigenvalue weighted by atomic mass is 10.0. The molecule has 0 saturated carbocycles. The van der Waals surface area contributed by atoms with Gasteiger partial charge in [-0.2, -0.15) is 0 Å². The lowest BCUT2D eigenvalue weighted by Gasteiger charge is -2.32. The largest absolute Gasteiger partial charge is 0.445 e. The van der Waals surface area contributed by atoms with Crippen LogP contribution in [0.1, 0.15) is 18.1 Å². The number of amides is 1. The molecular weight excluding hydrogens is 342 g/mol. The Labute approximate surface area is 159 Å². The van der Waals surface area contributed by atoms with Crippen molar-refractivity contribution in [3.63, 3.8) is 0 Å². The minimum atomic E-state index is -0.665. The summed E-state index contributed by atoms with van der Waals surface area (Å²) < 4.78 is 11.1. The van der Waals surface area contributed by atoms with Crippen LogP contribution in [0, 0.1) is 0 Å². The van der Waals surface area contributed by atoms with E-state index < -0.39 is 12.1 Å². The monoisotopic (exact) mass is 365 g/mol. The second kappa shape index (κ2) is 9.14. The van der Waals surface area contributed by atoms with Gasteiger partial charge in [-0.1, -0.05) is 66.7 Å². The molecule has 0 fully saturated rings. The average molecular weight is 365 g/mol. The maximum Gasteiger partial charge on any atom is 0.411 e.